The SMILES string of the molecule is CCC[CH2][Sn]([CH2]CCC)([CH2]CCC)[c]1nc2c3c(nc(OC[C@@]45CCCN4C[C@H](F)C5)nc3c1F)N(C)[C@@H](CCO[Si](c1ccccc1)(c1ccccc1)C(C)(C)C)CO2. The van der Waals surface area contributed by atoms with Gasteiger partial charge in [0.25, 0.3) is 0 Å². The summed E-state index contributed by atoms with van der Waals surface area (Å²) in [5.41, 5.74) is -0.145. The number of pyridine rings is 1. The summed E-state index contributed by atoms with van der Waals surface area (Å²) in [7, 11) is -0.778. The second-order valence-electron chi connectivity index (χ2n) is 19.0. The van der Waals surface area contributed by atoms with E-state index in [9.17, 15) is 4.39 Å². The Kier molecular flexibility index (Phi) is 14.5. The maximum absolute atomic E-state index is 17.8. The summed E-state index contributed by atoms with van der Waals surface area (Å²) in [5.74, 6) is 0.688. The summed E-state index contributed by atoms with van der Waals surface area (Å²) in [6.45, 7) is 16.0. The van der Waals surface area contributed by atoms with Crippen molar-refractivity contribution in [2.75, 3.05) is 44.9 Å². The summed E-state index contributed by atoms with van der Waals surface area (Å²) in [5, 5.41) is 2.81. The summed E-state index contributed by atoms with van der Waals surface area (Å²) < 4.78 is 57.1. The van der Waals surface area contributed by atoms with Gasteiger partial charge in [-0.05, 0) is 0 Å². The quantitative estimate of drug-likeness (QED) is 0.0863. The monoisotopic (exact) mass is 949 g/mol. The van der Waals surface area contributed by atoms with Crippen LogP contribution in [0, 0.1) is 5.82 Å². The van der Waals surface area contributed by atoms with Crippen LogP contribution in [-0.2, 0) is 4.43 Å². The third-order valence-corrected chi connectivity index (χ3v) is 34.0. The van der Waals surface area contributed by atoms with Crippen molar-refractivity contribution in [2.24, 2.45) is 0 Å². The first kappa shape index (κ1) is 45.2. The molecule has 0 aliphatic carbocycles. The molecule has 3 aliphatic rings. The number of rotatable bonds is 19. The van der Waals surface area contributed by atoms with E-state index >= 15 is 4.39 Å². The normalized spacial score (nSPS) is 21.0. The van der Waals surface area contributed by atoms with Gasteiger partial charge in [-0.25, -0.2) is 0 Å². The Bertz CT molecular complexity index is 1980. The molecule has 0 amide bonds. The number of anilines is 1. The Hall–Kier alpha value is -2.87. The standard InChI is InChI=1S/C36H42F2N5O3Si.3C4H9.Sn/c1-35(2,3)47(27-12-7-5-8-13-27,28-14-9-6-10-15-28)46-19-16-26-23-44-33-30-31(29(38)21-39-33)40-34(41-32(30)42(26)4)45-24-36-17-11-18-43(36)22-25(37)20-36;3*1-3-4-2;/h5-10,12-15,25-26H,11,16-20,22-24H2,1-4H3;3*1,3-4H2,2H3;/t25-,26+,36+;;;;/m1..../s1. The van der Waals surface area contributed by atoms with Gasteiger partial charge in [0.2, 0.25) is 0 Å². The molecule has 0 radical (unpaired) electrons. The molecule has 8 nitrogen and oxygen atoms in total. The number of likely N-dealkylation sites (N-methyl/N-ethyl adjacent to an activating group) is 1. The molecule has 2 fully saturated rings. The molecule has 7 rings (SSSR count). The Labute approximate surface area is 363 Å². The fourth-order valence-corrected chi connectivity index (χ4v) is 30.9. The molecular weight excluding hydrogens is 879 g/mol. The third kappa shape index (κ3) is 8.84. The number of halogens is 2. The Balaban J connectivity index is 1.28. The molecule has 0 unspecified atom stereocenters. The van der Waals surface area contributed by atoms with E-state index in [0.717, 1.165) is 71.2 Å². The van der Waals surface area contributed by atoms with Crippen molar-refractivity contribution >= 4 is 57.5 Å². The zero-order valence-corrected chi connectivity index (χ0v) is 41.2. The Morgan fingerprint density at radius 3 is 2.10 bits per heavy atom. The van der Waals surface area contributed by atoms with Gasteiger partial charge in [-0.15, -0.1) is 0 Å². The van der Waals surface area contributed by atoms with Crippen LogP contribution in [0.15, 0.2) is 60.7 Å². The van der Waals surface area contributed by atoms with Crippen molar-refractivity contribution in [1.29, 1.82) is 0 Å². The van der Waals surface area contributed by atoms with Gasteiger partial charge in [-0.2, -0.15) is 0 Å². The number of nitrogens with zero attached hydrogens (tertiary/aromatic N) is 5. The molecule has 12 heteroatoms. The first-order chi connectivity index (χ1) is 28.9. The molecule has 2 aromatic heterocycles. The van der Waals surface area contributed by atoms with Crippen LogP contribution in [0.2, 0.25) is 18.3 Å². The molecule has 0 bridgehead atoms. The van der Waals surface area contributed by atoms with Gasteiger partial charge in [-0.1, -0.05) is 36.4 Å². The zero-order valence-electron chi connectivity index (χ0n) is 37.4. The second-order valence-corrected chi connectivity index (χ2v) is 36.2. The molecule has 0 spiro atoms. The number of fused-ring (bicyclic) bond motifs is 1. The number of unbranched alkanes of at least 4 members (excludes halogenated alkanes) is 3. The van der Waals surface area contributed by atoms with E-state index in [4.69, 9.17) is 28.9 Å². The maximum atomic E-state index is 17.8. The van der Waals surface area contributed by atoms with E-state index in [1.54, 1.807) is 0 Å². The molecule has 3 aliphatic heterocycles. The van der Waals surface area contributed by atoms with Crippen LogP contribution in [0.1, 0.15) is 106 Å². The van der Waals surface area contributed by atoms with Crippen LogP contribution >= 0.6 is 0 Å². The second kappa shape index (κ2) is 19.3. The number of hydrogen-bond acceptors (Lipinski definition) is 8. The van der Waals surface area contributed by atoms with Crippen LogP contribution in [0.3, 0.4) is 0 Å². The van der Waals surface area contributed by atoms with Crippen molar-refractivity contribution in [3.63, 3.8) is 0 Å². The topological polar surface area (TPSA) is 72.8 Å². The van der Waals surface area contributed by atoms with Gasteiger partial charge >= 0.3 is 329 Å². The summed E-state index contributed by atoms with van der Waals surface area (Å²) >= 11 is -3.46. The molecular formula is C48H69F2N5O3SiSn. The average molecular weight is 949 g/mol. The molecule has 0 saturated carbocycles. The summed E-state index contributed by atoms with van der Waals surface area (Å²) in [4.78, 5) is 19.6. The summed E-state index contributed by atoms with van der Waals surface area (Å²) in [6.07, 6.45) is 8.51. The minimum absolute atomic E-state index is 0.135. The van der Waals surface area contributed by atoms with E-state index in [1.807, 2.05) is 7.05 Å². The number of hydrogen-bond donors (Lipinski definition) is 0. The van der Waals surface area contributed by atoms with E-state index < -0.39 is 32.9 Å². The van der Waals surface area contributed by atoms with Gasteiger partial charge in [0.05, 0.1) is 0 Å². The number of ether oxygens (including phenoxy) is 2. The molecule has 2 saturated heterocycles. The number of aromatic nitrogens is 3. The summed E-state index contributed by atoms with van der Waals surface area (Å²) in [6, 6.07) is 21.4. The minimum atomic E-state index is -3.46. The van der Waals surface area contributed by atoms with E-state index in [2.05, 4.69) is 112 Å². The van der Waals surface area contributed by atoms with Crippen molar-refractivity contribution in [1.82, 2.24) is 19.9 Å². The Morgan fingerprint density at radius 2 is 1.52 bits per heavy atom. The van der Waals surface area contributed by atoms with Crippen LogP contribution < -0.4 is 28.5 Å². The predicted octanol–water partition coefficient (Wildman–Crippen LogP) is 9.34. The van der Waals surface area contributed by atoms with E-state index in [1.165, 1.54) is 10.4 Å². The van der Waals surface area contributed by atoms with Crippen LogP contribution in [-0.4, -0.2) is 104 Å². The van der Waals surface area contributed by atoms with Gasteiger partial charge in [0.15, 0.2) is 0 Å². The van der Waals surface area contributed by atoms with Crippen molar-refractivity contribution in [2.45, 2.75) is 142 Å². The molecule has 3 atom stereocenters. The van der Waals surface area contributed by atoms with Gasteiger partial charge in [0, 0.05) is 0 Å². The Morgan fingerprint density at radius 1 is 0.900 bits per heavy atom. The fraction of sp³-hybridized carbons (Fsp3) is 0.604. The molecule has 5 heterocycles. The van der Waals surface area contributed by atoms with Crippen molar-refractivity contribution < 1.29 is 22.7 Å². The fourth-order valence-electron chi connectivity index (χ4n) is 10.6. The molecule has 326 valence electrons. The first-order valence-electron chi connectivity index (χ1n) is 23.0. The van der Waals surface area contributed by atoms with Crippen molar-refractivity contribution in [3.8, 4) is 11.9 Å². The number of benzene rings is 2. The molecule has 2 aromatic carbocycles. The number of alkyl halides is 1. The van der Waals surface area contributed by atoms with Crippen molar-refractivity contribution in [3.05, 3.63) is 66.5 Å². The van der Waals surface area contributed by atoms with Gasteiger partial charge in [-0.3, -0.25) is 0 Å². The first-order valence-corrected chi connectivity index (χ1v) is 32.3. The average Bonchev–Trinajstić information content (AvgIpc) is 3.74. The third-order valence-electron chi connectivity index (χ3n) is 14.0. The van der Waals surface area contributed by atoms with E-state index in [0.29, 0.717) is 53.4 Å². The van der Waals surface area contributed by atoms with Gasteiger partial charge in [0.1, 0.15) is 0 Å². The molecule has 0 N–H and O–H groups in total. The van der Waals surface area contributed by atoms with Gasteiger partial charge < -0.3 is 0 Å². The molecule has 60 heavy (non-hydrogen) atoms. The predicted molar refractivity (Wildman–Crippen MR) is 246 cm³/mol. The molecule has 4 aromatic rings. The van der Waals surface area contributed by atoms with E-state index in [-0.39, 0.29) is 40.6 Å². The zero-order chi connectivity index (χ0) is 42.5. The van der Waals surface area contributed by atoms with Crippen LogP contribution in [0.5, 0.6) is 11.9 Å². The van der Waals surface area contributed by atoms with Crippen LogP contribution in [0.25, 0.3) is 10.9 Å². The van der Waals surface area contributed by atoms with Crippen LogP contribution in [0.4, 0.5) is 14.6 Å².